The normalized spacial score (nSPS) is 14.7. The molecule has 504 valence electrons. The highest BCUT2D eigenvalue weighted by atomic mass is 31.2. The van der Waals surface area contributed by atoms with Crippen LogP contribution in [0.1, 0.15) is 319 Å². The Balaban J connectivity index is 5.24. The van der Waals surface area contributed by atoms with E-state index < -0.39 is 97.5 Å². The van der Waals surface area contributed by atoms with Gasteiger partial charge in [0.25, 0.3) is 0 Å². The van der Waals surface area contributed by atoms with Crippen molar-refractivity contribution in [1.29, 1.82) is 0 Å². The molecule has 0 aliphatic rings. The summed E-state index contributed by atoms with van der Waals surface area (Å²) in [6, 6.07) is 0. The maximum absolute atomic E-state index is 13.0. The molecular formula is C66H128O17P2. The standard InChI is InChI=1S/C66H128O17P2/c1-9-59(8)45-37-29-20-15-16-22-32-40-48-65(70)82-62(53-77-64(69)47-39-31-25-24-28-36-44-58(6)7)55-81-85(74,75)79-51-60(67)50-78-84(72,73)80-54-61(83-66(71)49-41-33-23-17-19-27-35-43-57(4)5)52-76-63(68)46-38-30-21-14-12-10-11-13-18-26-34-42-56(2)3/h56-62,67H,9-55H2,1-8H3,(H,72,73)(H,74,75)/t59?,60-,61-,62-/m1/s1. The number of hydrogen-bond acceptors (Lipinski definition) is 15. The summed E-state index contributed by atoms with van der Waals surface area (Å²) >= 11 is 0. The monoisotopic (exact) mass is 1250 g/mol. The van der Waals surface area contributed by atoms with E-state index in [0.29, 0.717) is 37.5 Å². The first kappa shape index (κ1) is 83.1. The lowest BCUT2D eigenvalue weighted by Crippen LogP contribution is -2.30. The molecule has 0 aliphatic carbocycles. The van der Waals surface area contributed by atoms with E-state index >= 15 is 0 Å². The number of rotatable bonds is 63. The summed E-state index contributed by atoms with van der Waals surface area (Å²) in [7, 11) is -9.89. The topological polar surface area (TPSA) is 237 Å². The fraction of sp³-hybridized carbons (Fsp3) is 0.939. The van der Waals surface area contributed by atoms with Gasteiger partial charge in [-0.25, -0.2) is 9.13 Å². The second kappa shape index (κ2) is 56.1. The van der Waals surface area contributed by atoms with E-state index in [1.165, 1.54) is 116 Å². The Bertz CT molecular complexity index is 1700. The lowest BCUT2D eigenvalue weighted by Gasteiger charge is -2.21. The van der Waals surface area contributed by atoms with E-state index in [4.69, 9.17) is 37.0 Å². The van der Waals surface area contributed by atoms with Gasteiger partial charge in [-0.2, -0.15) is 0 Å². The number of hydrogen-bond donors (Lipinski definition) is 3. The molecule has 0 fully saturated rings. The molecule has 0 saturated carbocycles. The highest BCUT2D eigenvalue weighted by molar-refractivity contribution is 7.47. The van der Waals surface area contributed by atoms with Gasteiger partial charge in [-0.05, 0) is 49.4 Å². The molecule has 0 bridgehead atoms. The van der Waals surface area contributed by atoms with Gasteiger partial charge in [-0.3, -0.25) is 37.3 Å². The van der Waals surface area contributed by atoms with Crippen LogP contribution in [0.2, 0.25) is 0 Å². The second-order valence-electron chi connectivity index (χ2n) is 25.5. The number of aliphatic hydroxyl groups excluding tert-OH is 1. The summed E-state index contributed by atoms with van der Waals surface area (Å²) in [5.41, 5.74) is 0. The average Bonchev–Trinajstić information content (AvgIpc) is 3.61. The van der Waals surface area contributed by atoms with Crippen LogP contribution in [-0.2, 0) is 65.4 Å². The molecule has 0 heterocycles. The van der Waals surface area contributed by atoms with Crippen LogP contribution in [0.25, 0.3) is 0 Å². The molecule has 0 spiro atoms. The summed E-state index contributed by atoms with van der Waals surface area (Å²) in [6.07, 6.45) is 36.4. The quantitative estimate of drug-likeness (QED) is 0.0222. The first-order valence-corrected chi connectivity index (χ1v) is 37.2. The molecule has 6 atom stereocenters. The number of aliphatic hydroxyl groups is 1. The van der Waals surface area contributed by atoms with Gasteiger partial charge in [0.05, 0.1) is 26.4 Å². The number of carbonyl (C=O) groups excluding carboxylic acids is 4. The SMILES string of the molecule is CCC(C)CCCCCCCCCCC(=O)O[C@H](COC(=O)CCCCCCCCC(C)C)COP(=O)(O)OC[C@H](O)COP(=O)(O)OC[C@@H](COC(=O)CCCCCCCCCCCCCC(C)C)OC(=O)CCCCCCCCCC(C)C. The number of ether oxygens (including phenoxy) is 4. The van der Waals surface area contributed by atoms with E-state index in [1.807, 2.05) is 0 Å². The number of phosphoric ester groups is 2. The lowest BCUT2D eigenvalue weighted by molar-refractivity contribution is -0.161. The predicted octanol–water partition coefficient (Wildman–Crippen LogP) is 18.1. The van der Waals surface area contributed by atoms with E-state index in [1.54, 1.807) is 0 Å². The highest BCUT2D eigenvalue weighted by Crippen LogP contribution is 2.45. The van der Waals surface area contributed by atoms with Gasteiger partial charge in [0, 0.05) is 25.7 Å². The third-order valence-corrected chi connectivity index (χ3v) is 17.3. The van der Waals surface area contributed by atoms with Crippen molar-refractivity contribution in [3.8, 4) is 0 Å². The van der Waals surface area contributed by atoms with Gasteiger partial charge in [0.1, 0.15) is 19.3 Å². The number of carbonyl (C=O) groups is 4. The van der Waals surface area contributed by atoms with Crippen molar-refractivity contribution in [1.82, 2.24) is 0 Å². The van der Waals surface area contributed by atoms with Crippen LogP contribution in [0.4, 0.5) is 0 Å². The third-order valence-electron chi connectivity index (χ3n) is 15.4. The smallest absolute Gasteiger partial charge is 0.462 e. The summed E-state index contributed by atoms with van der Waals surface area (Å²) in [6.45, 7) is 14.0. The molecule has 0 amide bonds. The molecule has 17 nitrogen and oxygen atoms in total. The zero-order valence-corrected chi connectivity index (χ0v) is 57.0. The van der Waals surface area contributed by atoms with Crippen LogP contribution >= 0.6 is 15.6 Å². The Morgan fingerprint density at radius 1 is 0.329 bits per heavy atom. The van der Waals surface area contributed by atoms with Crippen molar-refractivity contribution in [3.63, 3.8) is 0 Å². The van der Waals surface area contributed by atoms with Gasteiger partial charge in [-0.15, -0.1) is 0 Å². The molecule has 3 N–H and O–H groups in total. The van der Waals surface area contributed by atoms with E-state index in [9.17, 15) is 43.2 Å². The number of esters is 4. The number of phosphoric acid groups is 2. The molecule has 3 unspecified atom stereocenters. The largest absolute Gasteiger partial charge is 0.472 e. The van der Waals surface area contributed by atoms with Crippen molar-refractivity contribution >= 4 is 39.5 Å². The minimum absolute atomic E-state index is 0.103. The number of unbranched alkanes of at least 4 members (excludes halogenated alkanes) is 28. The lowest BCUT2D eigenvalue weighted by atomic mass is 9.99. The van der Waals surface area contributed by atoms with Gasteiger partial charge >= 0.3 is 39.5 Å². The first-order valence-electron chi connectivity index (χ1n) is 34.2. The minimum Gasteiger partial charge on any atom is -0.462 e. The fourth-order valence-corrected chi connectivity index (χ4v) is 11.3. The van der Waals surface area contributed by atoms with Crippen molar-refractivity contribution in [2.24, 2.45) is 23.7 Å². The van der Waals surface area contributed by atoms with E-state index in [0.717, 1.165) is 108 Å². The molecule has 0 aromatic rings. The van der Waals surface area contributed by atoms with E-state index in [2.05, 4.69) is 55.4 Å². The molecule has 0 radical (unpaired) electrons. The third kappa shape index (κ3) is 59.5. The molecule has 0 saturated heterocycles. The molecule has 0 rings (SSSR count). The van der Waals surface area contributed by atoms with Crippen molar-refractivity contribution in [2.75, 3.05) is 39.6 Å². The maximum Gasteiger partial charge on any atom is 0.472 e. The van der Waals surface area contributed by atoms with Crippen LogP contribution in [-0.4, -0.2) is 96.7 Å². The van der Waals surface area contributed by atoms with Gasteiger partial charge in [0.15, 0.2) is 12.2 Å². The van der Waals surface area contributed by atoms with Crippen molar-refractivity contribution < 1.29 is 80.2 Å². The molecular weight excluding hydrogens is 1130 g/mol. The summed E-state index contributed by atoms with van der Waals surface area (Å²) < 4.78 is 68.1. The Kier molecular flexibility index (Phi) is 54.8. The minimum atomic E-state index is -4.95. The van der Waals surface area contributed by atoms with Crippen LogP contribution < -0.4 is 0 Å². The van der Waals surface area contributed by atoms with Crippen molar-refractivity contribution in [3.05, 3.63) is 0 Å². The fourth-order valence-electron chi connectivity index (χ4n) is 9.75. The Labute approximate surface area is 517 Å². The van der Waals surface area contributed by atoms with Crippen LogP contribution in [0.15, 0.2) is 0 Å². The molecule has 0 aromatic carbocycles. The first-order chi connectivity index (χ1) is 40.6. The zero-order valence-electron chi connectivity index (χ0n) is 55.2. The molecule has 19 heteroatoms. The zero-order chi connectivity index (χ0) is 63.2. The van der Waals surface area contributed by atoms with Gasteiger partial charge in [0.2, 0.25) is 0 Å². The van der Waals surface area contributed by atoms with Gasteiger partial charge < -0.3 is 33.8 Å². The summed E-state index contributed by atoms with van der Waals surface area (Å²) in [5, 5.41) is 10.5. The molecule has 0 aliphatic heterocycles. The van der Waals surface area contributed by atoms with Crippen LogP contribution in [0.3, 0.4) is 0 Å². The Morgan fingerprint density at radius 2 is 0.565 bits per heavy atom. The van der Waals surface area contributed by atoms with Gasteiger partial charge in [-0.1, -0.05) is 267 Å². The second-order valence-corrected chi connectivity index (χ2v) is 28.4. The van der Waals surface area contributed by atoms with Crippen molar-refractivity contribution in [2.45, 2.75) is 337 Å². The predicted molar refractivity (Wildman–Crippen MR) is 340 cm³/mol. The highest BCUT2D eigenvalue weighted by Gasteiger charge is 2.30. The van der Waals surface area contributed by atoms with E-state index in [-0.39, 0.29) is 25.7 Å². The molecule has 85 heavy (non-hydrogen) atoms. The van der Waals surface area contributed by atoms with Crippen LogP contribution in [0, 0.1) is 23.7 Å². The maximum atomic E-state index is 13.0. The van der Waals surface area contributed by atoms with Crippen LogP contribution in [0.5, 0.6) is 0 Å². The Morgan fingerprint density at radius 3 is 0.835 bits per heavy atom. The Hall–Kier alpha value is -1.94. The average molecular weight is 1260 g/mol. The summed E-state index contributed by atoms with van der Waals surface area (Å²) in [4.78, 5) is 72.3. The summed E-state index contributed by atoms with van der Waals surface area (Å²) in [5.74, 6) is 0.776. The molecule has 0 aromatic heterocycles.